The van der Waals surface area contributed by atoms with Gasteiger partial charge in [-0.05, 0) is 62.5 Å². The average molecular weight is 448 g/mol. The Morgan fingerprint density at radius 2 is 2.00 bits per heavy atom. The van der Waals surface area contributed by atoms with Crippen molar-refractivity contribution in [3.05, 3.63) is 66.6 Å². The number of benzene rings is 1. The maximum Gasteiger partial charge on any atom is 0.255 e. The first-order valence-electron chi connectivity index (χ1n) is 9.85. The number of hydrogen-bond donors (Lipinski definition) is 2. The standard InChI is InChI=1S/C22H25N5O.2ClH/c28-22(25-13-10-17-6-4-11-23-14-17)20-16-27(19-8-2-1-3-9-19)26-21(20)18-7-5-12-24-15-18;;/h1-3,5,7-9,12,15-17,23H,4,6,10-11,13-14H2,(H,25,28);2*1H. The molecular weight excluding hydrogens is 421 g/mol. The van der Waals surface area contributed by atoms with Crippen LogP contribution in [0.15, 0.2) is 61.1 Å². The quantitative estimate of drug-likeness (QED) is 0.600. The average Bonchev–Trinajstić information content (AvgIpc) is 3.21. The molecule has 0 aliphatic carbocycles. The second kappa shape index (κ2) is 11.7. The maximum atomic E-state index is 12.9. The van der Waals surface area contributed by atoms with Gasteiger partial charge in [-0.3, -0.25) is 9.78 Å². The first-order valence-corrected chi connectivity index (χ1v) is 9.85. The Bertz CT molecular complexity index is 912. The normalized spacial score (nSPS) is 15.5. The molecule has 0 spiro atoms. The van der Waals surface area contributed by atoms with Crippen LogP contribution in [0, 0.1) is 5.92 Å². The Hall–Kier alpha value is -2.41. The molecule has 0 saturated carbocycles. The number of nitrogens with one attached hydrogen (secondary N) is 2. The van der Waals surface area contributed by atoms with Crippen LogP contribution in [-0.2, 0) is 0 Å². The number of carbonyl (C=O) groups is 1. The largest absolute Gasteiger partial charge is 0.352 e. The molecule has 1 atom stereocenters. The second-order valence-electron chi connectivity index (χ2n) is 7.17. The molecule has 1 aliphatic heterocycles. The van der Waals surface area contributed by atoms with Gasteiger partial charge in [0, 0.05) is 30.7 Å². The summed E-state index contributed by atoms with van der Waals surface area (Å²) in [7, 11) is 0. The van der Waals surface area contributed by atoms with Crippen molar-refractivity contribution in [2.24, 2.45) is 5.92 Å². The van der Waals surface area contributed by atoms with Crippen LogP contribution in [-0.4, -0.2) is 40.3 Å². The molecule has 1 amide bonds. The first kappa shape index (κ1) is 23.9. The molecule has 1 saturated heterocycles. The minimum Gasteiger partial charge on any atom is -0.352 e. The molecule has 2 N–H and O–H groups in total. The number of halogens is 2. The molecule has 2 aromatic heterocycles. The molecule has 160 valence electrons. The van der Waals surface area contributed by atoms with E-state index in [0.717, 1.165) is 30.8 Å². The number of rotatable bonds is 6. The SMILES string of the molecule is Cl.Cl.O=C(NCCC1CCCNC1)c1cn(-c2ccccc2)nc1-c1cccnc1. The highest BCUT2D eigenvalue weighted by Crippen LogP contribution is 2.23. The summed E-state index contributed by atoms with van der Waals surface area (Å²) in [6, 6.07) is 13.6. The summed E-state index contributed by atoms with van der Waals surface area (Å²) in [6.07, 6.45) is 8.70. The van der Waals surface area contributed by atoms with Gasteiger partial charge in [-0.15, -0.1) is 24.8 Å². The molecule has 4 rings (SSSR count). The third kappa shape index (κ3) is 5.81. The number of piperidine rings is 1. The zero-order chi connectivity index (χ0) is 19.2. The maximum absolute atomic E-state index is 12.9. The van der Waals surface area contributed by atoms with Gasteiger partial charge in [-0.25, -0.2) is 4.68 Å². The van der Waals surface area contributed by atoms with Gasteiger partial charge in [0.05, 0.1) is 11.3 Å². The Kier molecular flexibility index (Phi) is 9.30. The van der Waals surface area contributed by atoms with Crippen molar-refractivity contribution in [1.29, 1.82) is 0 Å². The van der Waals surface area contributed by atoms with Gasteiger partial charge >= 0.3 is 0 Å². The van der Waals surface area contributed by atoms with E-state index in [1.54, 1.807) is 23.3 Å². The minimum atomic E-state index is -0.0928. The van der Waals surface area contributed by atoms with Crippen LogP contribution in [0.5, 0.6) is 0 Å². The lowest BCUT2D eigenvalue weighted by atomic mass is 9.96. The lowest BCUT2D eigenvalue weighted by Crippen LogP contribution is -2.33. The zero-order valence-corrected chi connectivity index (χ0v) is 18.3. The first-order chi connectivity index (χ1) is 13.8. The van der Waals surface area contributed by atoms with Gasteiger partial charge in [-0.1, -0.05) is 18.2 Å². The Labute approximate surface area is 189 Å². The van der Waals surface area contributed by atoms with Crippen LogP contribution >= 0.6 is 24.8 Å². The van der Waals surface area contributed by atoms with Crippen molar-refractivity contribution in [3.63, 3.8) is 0 Å². The van der Waals surface area contributed by atoms with Crippen molar-refractivity contribution >= 4 is 30.7 Å². The minimum absolute atomic E-state index is 0. The highest BCUT2D eigenvalue weighted by molar-refractivity contribution is 5.99. The third-order valence-corrected chi connectivity index (χ3v) is 5.15. The molecule has 1 fully saturated rings. The van der Waals surface area contributed by atoms with Crippen LogP contribution in [0.4, 0.5) is 0 Å². The van der Waals surface area contributed by atoms with E-state index in [9.17, 15) is 4.79 Å². The summed E-state index contributed by atoms with van der Waals surface area (Å²) in [6.45, 7) is 2.83. The van der Waals surface area contributed by atoms with E-state index in [-0.39, 0.29) is 30.7 Å². The number of pyridine rings is 1. The molecule has 1 aromatic carbocycles. The van der Waals surface area contributed by atoms with Gasteiger partial charge in [-0.2, -0.15) is 5.10 Å². The van der Waals surface area contributed by atoms with E-state index in [1.807, 2.05) is 42.5 Å². The summed E-state index contributed by atoms with van der Waals surface area (Å²) in [5.74, 6) is 0.545. The zero-order valence-electron chi connectivity index (χ0n) is 16.7. The van der Waals surface area contributed by atoms with Crippen molar-refractivity contribution in [2.75, 3.05) is 19.6 Å². The summed E-state index contributed by atoms with van der Waals surface area (Å²) in [5.41, 5.74) is 2.96. The summed E-state index contributed by atoms with van der Waals surface area (Å²) in [5, 5.41) is 11.2. The lowest BCUT2D eigenvalue weighted by Gasteiger charge is -2.22. The Morgan fingerprint density at radius 1 is 1.17 bits per heavy atom. The highest BCUT2D eigenvalue weighted by Gasteiger charge is 2.19. The van der Waals surface area contributed by atoms with E-state index in [0.29, 0.717) is 23.7 Å². The van der Waals surface area contributed by atoms with Crippen molar-refractivity contribution in [3.8, 4) is 16.9 Å². The van der Waals surface area contributed by atoms with E-state index in [1.165, 1.54) is 12.8 Å². The predicted molar refractivity (Wildman–Crippen MR) is 124 cm³/mol. The molecule has 0 radical (unpaired) electrons. The van der Waals surface area contributed by atoms with Gasteiger partial charge in [0.25, 0.3) is 5.91 Å². The molecule has 6 nitrogen and oxygen atoms in total. The molecule has 3 heterocycles. The highest BCUT2D eigenvalue weighted by atomic mass is 35.5. The van der Waals surface area contributed by atoms with E-state index >= 15 is 0 Å². The van der Waals surface area contributed by atoms with E-state index in [4.69, 9.17) is 0 Å². The fourth-order valence-corrected chi connectivity index (χ4v) is 3.62. The van der Waals surface area contributed by atoms with Gasteiger partial charge in [0.2, 0.25) is 0 Å². The number of hydrogen-bond acceptors (Lipinski definition) is 4. The lowest BCUT2D eigenvalue weighted by molar-refractivity contribution is 0.0951. The van der Waals surface area contributed by atoms with Crippen molar-refractivity contribution in [1.82, 2.24) is 25.4 Å². The molecule has 1 unspecified atom stereocenters. The van der Waals surface area contributed by atoms with Crippen LogP contribution in [0.1, 0.15) is 29.6 Å². The van der Waals surface area contributed by atoms with Crippen molar-refractivity contribution in [2.45, 2.75) is 19.3 Å². The topological polar surface area (TPSA) is 71.8 Å². The summed E-state index contributed by atoms with van der Waals surface area (Å²) in [4.78, 5) is 17.1. The fraction of sp³-hybridized carbons (Fsp3) is 0.318. The Balaban J connectivity index is 0.00000160. The summed E-state index contributed by atoms with van der Waals surface area (Å²) >= 11 is 0. The molecule has 30 heavy (non-hydrogen) atoms. The number of carbonyl (C=O) groups excluding carboxylic acids is 1. The van der Waals surface area contributed by atoms with Gasteiger partial charge in [0.15, 0.2) is 0 Å². The van der Waals surface area contributed by atoms with Crippen LogP contribution in [0.25, 0.3) is 16.9 Å². The van der Waals surface area contributed by atoms with Gasteiger partial charge in [0.1, 0.15) is 5.69 Å². The molecule has 0 bridgehead atoms. The predicted octanol–water partition coefficient (Wildman–Crippen LogP) is 3.90. The molecular formula is C22H27Cl2N5O. The summed E-state index contributed by atoms with van der Waals surface area (Å²) < 4.78 is 1.75. The number of nitrogens with zero attached hydrogens (tertiary/aromatic N) is 3. The van der Waals surface area contributed by atoms with E-state index in [2.05, 4.69) is 20.7 Å². The smallest absolute Gasteiger partial charge is 0.255 e. The number of amides is 1. The van der Waals surface area contributed by atoms with Crippen LogP contribution in [0.2, 0.25) is 0 Å². The second-order valence-corrected chi connectivity index (χ2v) is 7.17. The number of aromatic nitrogens is 3. The van der Waals surface area contributed by atoms with Crippen molar-refractivity contribution < 1.29 is 4.79 Å². The van der Waals surface area contributed by atoms with Crippen LogP contribution in [0.3, 0.4) is 0 Å². The Morgan fingerprint density at radius 3 is 2.70 bits per heavy atom. The monoisotopic (exact) mass is 447 g/mol. The molecule has 3 aromatic rings. The fourth-order valence-electron chi connectivity index (χ4n) is 3.62. The molecule has 8 heteroatoms. The third-order valence-electron chi connectivity index (χ3n) is 5.15. The number of para-hydroxylation sites is 1. The van der Waals surface area contributed by atoms with Crippen LogP contribution < -0.4 is 10.6 Å². The van der Waals surface area contributed by atoms with E-state index < -0.39 is 0 Å². The van der Waals surface area contributed by atoms with Gasteiger partial charge < -0.3 is 10.6 Å². The molecule has 1 aliphatic rings.